The summed E-state index contributed by atoms with van der Waals surface area (Å²) in [4.78, 5) is 13.7. The van der Waals surface area contributed by atoms with Crippen LogP contribution in [0.2, 0.25) is 5.02 Å². The summed E-state index contributed by atoms with van der Waals surface area (Å²) in [5.74, 6) is -2.28. The summed E-state index contributed by atoms with van der Waals surface area (Å²) in [7, 11) is -1.90. The fraction of sp³-hybridized carbons (Fsp3) is 0.296. The van der Waals surface area contributed by atoms with Crippen LogP contribution >= 0.6 is 22.4 Å². The van der Waals surface area contributed by atoms with Crippen LogP contribution in [0.1, 0.15) is 31.1 Å². The van der Waals surface area contributed by atoms with Crippen LogP contribution in [0.4, 0.5) is 15.8 Å². The van der Waals surface area contributed by atoms with Crippen molar-refractivity contribution in [2.45, 2.75) is 37.3 Å². The van der Waals surface area contributed by atoms with E-state index in [-0.39, 0.29) is 16.5 Å². The Bertz CT molecular complexity index is 1320. The average molecular weight is 549 g/mol. The topological polar surface area (TPSA) is 93.5 Å². The summed E-state index contributed by atoms with van der Waals surface area (Å²) < 4.78 is 44.8. The van der Waals surface area contributed by atoms with Gasteiger partial charge in [0.05, 0.1) is 39.4 Å². The molecule has 0 amide bonds. The van der Waals surface area contributed by atoms with Crippen molar-refractivity contribution in [3.05, 3.63) is 77.1 Å². The van der Waals surface area contributed by atoms with E-state index in [1.807, 2.05) is 56.0 Å². The van der Waals surface area contributed by atoms with Gasteiger partial charge in [-0.05, 0) is 62.7 Å². The quantitative estimate of drug-likeness (QED) is 0.312. The Morgan fingerprint density at radius 2 is 1.81 bits per heavy atom. The first-order valence-corrected chi connectivity index (χ1v) is 13.5. The van der Waals surface area contributed by atoms with E-state index in [0.29, 0.717) is 23.4 Å². The van der Waals surface area contributed by atoms with Gasteiger partial charge in [0.25, 0.3) is 0 Å². The highest BCUT2D eigenvalue weighted by atomic mass is 35.5. The molecule has 0 saturated heterocycles. The van der Waals surface area contributed by atoms with Gasteiger partial charge in [0.15, 0.2) is 0 Å². The number of rotatable bonds is 5. The fourth-order valence-corrected chi connectivity index (χ4v) is 6.04. The smallest absolute Gasteiger partial charge is 0.338 e. The Morgan fingerprint density at radius 3 is 2.43 bits per heavy atom. The van der Waals surface area contributed by atoms with Gasteiger partial charge in [-0.1, -0.05) is 35.9 Å². The third-order valence-electron chi connectivity index (χ3n) is 6.23. The largest absolute Gasteiger partial charge is 0.478 e. The molecule has 4 rings (SSSR count). The molecule has 198 valence electrons. The second-order valence-corrected chi connectivity index (χ2v) is 12.3. The van der Waals surface area contributed by atoms with E-state index in [1.165, 1.54) is 16.4 Å². The van der Waals surface area contributed by atoms with Crippen LogP contribution in [-0.2, 0) is 4.74 Å². The molecule has 0 aromatic heterocycles. The number of carbonyl (C=O) groups is 1. The van der Waals surface area contributed by atoms with Crippen molar-refractivity contribution in [2.24, 2.45) is 0 Å². The summed E-state index contributed by atoms with van der Waals surface area (Å²) in [6, 6.07) is 16.0. The van der Waals surface area contributed by atoms with Crippen molar-refractivity contribution >= 4 is 39.7 Å². The first kappa shape index (κ1) is 27.4. The fourth-order valence-electron chi connectivity index (χ4n) is 4.19. The van der Waals surface area contributed by atoms with E-state index in [2.05, 4.69) is 0 Å². The van der Waals surface area contributed by atoms with Gasteiger partial charge < -0.3 is 14.7 Å². The molecule has 1 aliphatic rings. The molecule has 1 aliphatic heterocycles. The van der Waals surface area contributed by atoms with Crippen molar-refractivity contribution in [1.82, 2.24) is 4.31 Å². The van der Waals surface area contributed by atoms with Crippen LogP contribution in [0.15, 0.2) is 65.6 Å². The number of aromatic carboxylic acids is 1. The maximum absolute atomic E-state index is 14.1. The number of halogens is 2. The van der Waals surface area contributed by atoms with Crippen molar-refractivity contribution in [2.75, 3.05) is 25.1 Å². The Hall–Kier alpha value is -2.66. The van der Waals surface area contributed by atoms with E-state index >= 15 is 0 Å². The first-order chi connectivity index (χ1) is 17.3. The molecular weight excluding hydrogens is 519 g/mol. The number of para-hydroxylation sites is 1. The zero-order valence-electron chi connectivity index (χ0n) is 21.0. The number of ether oxygens (including phenoxy) is 1. The van der Waals surface area contributed by atoms with Gasteiger partial charge >= 0.3 is 5.97 Å². The third kappa shape index (κ3) is 5.62. The van der Waals surface area contributed by atoms with Gasteiger partial charge in [0.1, 0.15) is 5.82 Å². The van der Waals surface area contributed by atoms with E-state index in [1.54, 1.807) is 19.2 Å². The number of hydrogen-bond acceptors (Lipinski definition) is 6. The molecule has 10 heteroatoms. The first-order valence-electron chi connectivity index (χ1n) is 11.6. The molecule has 7 nitrogen and oxygen atoms in total. The maximum atomic E-state index is 14.1. The highest BCUT2D eigenvalue weighted by Crippen LogP contribution is 2.59. The molecule has 1 heterocycles. The molecule has 0 saturated carbocycles. The predicted octanol–water partition coefficient (Wildman–Crippen LogP) is 7.14. The minimum Gasteiger partial charge on any atom is -0.478 e. The highest BCUT2D eigenvalue weighted by molar-refractivity contribution is 8.22. The van der Waals surface area contributed by atoms with E-state index in [9.17, 15) is 23.4 Å². The third-order valence-corrected chi connectivity index (χ3v) is 8.56. The molecule has 0 aliphatic carbocycles. The predicted molar refractivity (Wildman–Crippen MR) is 146 cm³/mol. The molecule has 1 atom stereocenters. The van der Waals surface area contributed by atoms with Crippen LogP contribution < -0.4 is 4.90 Å². The summed E-state index contributed by atoms with van der Waals surface area (Å²) in [5, 5.41) is 9.63. The van der Waals surface area contributed by atoms with Crippen molar-refractivity contribution in [3.8, 4) is 11.1 Å². The lowest BCUT2D eigenvalue weighted by Crippen LogP contribution is -2.44. The summed E-state index contributed by atoms with van der Waals surface area (Å²) in [6.07, 6.45) is 0. The Labute approximate surface area is 222 Å². The summed E-state index contributed by atoms with van der Waals surface area (Å²) in [6.45, 7) is 6.44. The maximum Gasteiger partial charge on any atom is 0.338 e. The zero-order chi connectivity index (χ0) is 27.1. The normalized spacial score (nSPS) is 18.7. The molecule has 3 aromatic rings. The standard InChI is InChI=1S/C27H30ClFN2O5S/c1-27(2,3)36-16-19-15-31(18-8-6-5-7-9-18)24-14-22(28)20(13-25(24)37(34,35)30(19)4)17-10-11-23(29)21(12-17)26(32)33/h5-14,19,34-35H,15-16H2,1-4H3,(H,32,33). The lowest BCUT2D eigenvalue weighted by Gasteiger charge is -2.43. The number of nitrogens with zero attached hydrogens (tertiary/aromatic N) is 2. The molecular formula is C27H30ClFN2O5S. The molecule has 1 unspecified atom stereocenters. The molecule has 37 heavy (non-hydrogen) atoms. The number of likely N-dealkylation sites (N-methyl/N-ethyl adjacent to an activating group) is 1. The van der Waals surface area contributed by atoms with Gasteiger partial charge in [-0.2, -0.15) is 4.31 Å². The second kappa shape index (κ2) is 10.2. The van der Waals surface area contributed by atoms with Crippen LogP contribution in [0.3, 0.4) is 0 Å². The number of hydrogen-bond donors (Lipinski definition) is 3. The van der Waals surface area contributed by atoms with Gasteiger partial charge in [0, 0.05) is 24.8 Å². The van der Waals surface area contributed by atoms with Crippen LogP contribution in [0.5, 0.6) is 0 Å². The molecule has 0 spiro atoms. The number of fused-ring (bicyclic) bond motifs is 1. The van der Waals surface area contributed by atoms with E-state index in [4.69, 9.17) is 16.3 Å². The molecule has 0 fully saturated rings. The lowest BCUT2D eigenvalue weighted by atomic mass is 10.0. The number of anilines is 2. The lowest BCUT2D eigenvalue weighted by molar-refractivity contribution is -0.0214. The molecule has 3 aromatic carbocycles. The number of carboxylic acid groups (broad SMARTS) is 1. The van der Waals surface area contributed by atoms with Crippen molar-refractivity contribution in [1.29, 1.82) is 0 Å². The second-order valence-electron chi connectivity index (χ2n) is 9.89. The highest BCUT2D eigenvalue weighted by Gasteiger charge is 2.38. The van der Waals surface area contributed by atoms with Crippen molar-refractivity contribution < 1.29 is 28.1 Å². The SMILES string of the molecule is CN1C(COC(C)(C)C)CN(c2ccccc2)c2cc(Cl)c(-c3ccc(F)c(C(=O)O)c3)cc2S1(O)O. The average Bonchev–Trinajstić information content (AvgIpc) is 2.90. The monoisotopic (exact) mass is 548 g/mol. The van der Waals surface area contributed by atoms with Crippen LogP contribution in [0.25, 0.3) is 11.1 Å². The Balaban J connectivity index is 1.90. The van der Waals surface area contributed by atoms with Gasteiger partial charge in [-0.15, -0.1) is 10.8 Å². The minimum atomic E-state index is -3.53. The summed E-state index contributed by atoms with van der Waals surface area (Å²) in [5.41, 5.74) is 1.10. The minimum absolute atomic E-state index is 0.220. The molecule has 3 N–H and O–H groups in total. The molecule has 0 radical (unpaired) electrons. The zero-order valence-corrected chi connectivity index (χ0v) is 22.6. The Kier molecular flexibility index (Phi) is 7.58. The van der Waals surface area contributed by atoms with Gasteiger partial charge in [-0.3, -0.25) is 9.11 Å². The van der Waals surface area contributed by atoms with Crippen LogP contribution in [-0.4, -0.2) is 56.3 Å². The van der Waals surface area contributed by atoms with Gasteiger partial charge in [0.2, 0.25) is 0 Å². The number of benzene rings is 3. The van der Waals surface area contributed by atoms with E-state index in [0.717, 1.165) is 11.8 Å². The van der Waals surface area contributed by atoms with Crippen LogP contribution in [0, 0.1) is 5.82 Å². The Morgan fingerprint density at radius 1 is 1.14 bits per heavy atom. The number of carboxylic acids is 1. The van der Waals surface area contributed by atoms with E-state index < -0.39 is 39.8 Å². The van der Waals surface area contributed by atoms with Gasteiger partial charge in [-0.25, -0.2) is 9.18 Å². The van der Waals surface area contributed by atoms with Crippen molar-refractivity contribution in [3.63, 3.8) is 0 Å². The summed E-state index contributed by atoms with van der Waals surface area (Å²) >= 11 is 6.70. The molecule has 0 bridgehead atoms.